The molecule has 0 radical (unpaired) electrons. The number of aryl methyl sites for hydroxylation is 1. The molecule has 182 valence electrons. The lowest BCUT2D eigenvalue weighted by Gasteiger charge is -2.27. The van der Waals surface area contributed by atoms with E-state index < -0.39 is 5.97 Å². The monoisotopic (exact) mass is 521 g/mol. The van der Waals surface area contributed by atoms with Gasteiger partial charge in [0.05, 0.1) is 28.7 Å². The van der Waals surface area contributed by atoms with Crippen LogP contribution >= 0.6 is 22.7 Å². The summed E-state index contributed by atoms with van der Waals surface area (Å²) < 4.78 is 0. The molecule has 1 aliphatic heterocycles. The van der Waals surface area contributed by atoms with Gasteiger partial charge in [0.25, 0.3) is 0 Å². The smallest absolute Gasteiger partial charge is 0.335 e. The number of rotatable bonds is 5. The Morgan fingerprint density at radius 1 is 0.946 bits per heavy atom. The highest BCUT2D eigenvalue weighted by atomic mass is 32.1. The highest BCUT2D eigenvalue weighted by molar-refractivity contribution is 7.21. The Bertz CT molecular complexity index is 1770. The minimum absolute atomic E-state index is 0.190. The molecular formula is C30H23N3O2S2. The zero-order valence-corrected chi connectivity index (χ0v) is 21.9. The maximum Gasteiger partial charge on any atom is 0.335 e. The van der Waals surface area contributed by atoms with E-state index in [4.69, 9.17) is 4.98 Å². The summed E-state index contributed by atoms with van der Waals surface area (Å²) in [7, 11) is 1.98. The standard InChI is InChI=1S/C30H23N3O2S2/c1-18-7-8-28(37-18)29-15-23(17-36-29)20-9-10-31-24(11-20)25-12-22(30(34)35)13-26(32-25)27-14-19-5-3-4-6-21(19)16-33(27)2/h3-17,27H,1-2H3,(H,34,35). The van der Waals surface area contributed by atoms with Crippen molar-refractivity contribution in [3.63, 3.8) is 0 Å². The minimum Gasteiger partial charge on any atom is -0.478 e. The Morgan fingerprint density at radius 2 is 1.78 bits per heavy atom. The van der Waals surface area contributed by atoms with Gasteiger partial charge in [-0.15, -0.1) is 22.7 Å². The molecule has 1 atom stereocenters. The molecule has 5 heterocycles. The van der Waals surface area contributed by atoms with Gasteiger partial charge in [0.1, 0.15) is 0 Å². The normalized spacial score (nSPS) is 14.5. The third-order valence-corrected chi connectivity index (χ3v) is 8.58. The molecule has 5 nitrogen and oxygen atoms in total. The van der Waals surface area contributed by atoms with Crippen LogP contribution in [0.4, 0.5) is 0 Å². The van der Waals surface area contributed by atoms with Crippen molar-refractivity contribution < 1.29 is 9.90 Å². The van der Waals surface area contributed by atoms with Crippen molar-refractivity contribution in [3.05, 3.63) is 105 Å². The van der Waals surface area contributed by atoms with Crippen molar-refractivity contribution in [2.75, 3.05) is 7.05 Å². The van der Waals surface area contributed by atoms with Gasteiger partial charge in [-0.1, -0.05) is 24.3 Å². The number of pyridine rings is 2. The molecule has 4 aromatic heterocycles. The number of carbonyl (C=O) groups is 1. The molecule has 0 saturated heterocycles. The second kappa shape index (κ2) is 9.42. The molecule has 1 aliphatic rings. The van der Waals surface area contributed by atoms with Crippen LogP contribution in [0.3, 0.4) is 0 Å². The Kier molecular flexibility index (Phi) is 5.94. The molecule has 0 spiro atoms. The summed E-state index contributed by atoms with van der Waals surface area (Å²) in [4.78, 5) is 27.4. The van der Waals surface area contributed by atoms with Gasteiger partial charge in [-0.3, -0.25) is 4.98 Å². The maximum atomic E-state index is 12.0. The Morgan fingerprint density at radius 3 is 2.57 bits per heavy atom. The lowest BCUT2D eigenvalue weighted by molar-refractivity contribution is 0.0696. The molecule has 0 aliphatic carbocycles. The van der Waals surface area contributed by atoms with Gasteiger partial charge in [0.15, 0.2) is 0 Å². The van der Waals surface area contributed by atoms with E-state index in [-0.39, 0.29) is 11.6 Å². The summed E-state index contributed by atoms with van der Waals surface area (Å²) in [5.41, 5.74) is 4.18. The number of nitrogens with zero attached hydrogens (tertiary/aromatic N) is 3. The number of hydrogen-bond donors (Lipinski definition) is 1. The lowest BCUT2D eigenvalue weighted by Crippen LogP contribution is -2.35. The summed E-state index contributed by atoms with van der Waals surface area (Å²) in [6.45, 7) is 2.12. The van der Waals surface area contributed by atoms with Crippen molar-refractivity contribution >= 4 is 40.9 Å². The van der Waals surface area contributed by atoms with Gasteiger partial charge in [-0.05, 0) is 82.4 Å². The van der Waals surface area contributed by atoms with Gasteiger partial charge >= 0.3 is 5.97 Å². The van der Waals surface area contributed by atoms with Crippen LogP contribution in [0.5, 0.6) is 0 Å². The number of fused-ring (bicyclic) bond motifs is 1. The molecule has 0 saturated carbocycles. The molecule has 0 bridgehead atoms. The molecule has 37 heavy (non-hydrogen) atoms. The number of benzene rings is 1. The maximum absolute atomic E-state index is 12.0. The summed E-state index contributed by atoms with van der Waals surface area (Å²) in [5, 5.41) is 14.2. The number of aromatic nitrogens is 2. The van der Waals surface area contributed by atoms with Crippen LogP contribution in [0.1, 0.15) is 27.0 Å². The summed E-state index contributed by atoms with van der Waals surface area (Å²) >= 11 is 3.51. The van der Waals surface area contributed by atoms with Crippen LogP contribution < -0.4 is 10.4 Å². The molecular weight excluding hydrogens is 498 g/mol. The van der Waals surface area contributed by atoms with Crippen molar-refractivity contribution in [3.8, 4) is 32.3 Å². The third kappa shape index (κ3) is 4.59. The topological polar surface area (TPSA) is 66.3 Å². The highest BCUT2D eigenvalue weighted by Crippen LogP contribution is 2.37. The first kappa shape index (κ1) is 23.3. The first-order valence-corrected chi connectivity index (χ1v) is 13.5. The average Bonchev–Trinajstić information content (AvgIpc) is 3.57. The van der Waals surface area contributed by atoms with Crippen molar-refractivity contribution in [2.45, 2.75) is 13.0 Å². The van der Waals surface area contributed by atoms with Crippen LogP contribution in [0, 0.1) is 6.92 Å². The Labute approximate surface area is 222 Å². The van der Waals surface area contributed by atoms with E-state index >= 15 is 0 Å². The van der Waals surface area contributed by atoms with Gasteiger partial charge in [-0.2, -0.15) is 0 Å². The van der Waals surface area contributed by atoms with E-state index in [9.17, 15) is 9.90 Å². The number of carboxylic acids is 1. The molecule has 0 fully saturated rings. The largest absolute Gasteiger partial charge is 0.478 e. The Hall–Kier alpha value is -4.07. The first-order valence-electron chi connectivity index (χ1n) is 11.8. The Balaban J connectivity index is 1.40. The van der Waals surface area contributed by atoms with Crippen LogP contribution in [-0.4, -0.2) is 33.0 Å². The van der Waals surface area contributed by atoms with Crippen molar-refractivity contribution in [2.24, 2.45) is 0 Å². The van der Waals surface area contributed by atoms with Crippen LogP contribution in [0.2, 0.25) is 0 Å². The summed E-state index contributed by atoms with van der Waals surface area (Å²) in [6.07, 6.45) is 5.95. The zero-order valence-electron chi connectivity index (χ0n) is 20.3. The minimum atomic E-state index is -0.988. The predicted octanol–water partition coefficient (Wildman–Crippen LogP) is 5.81. The zero-order chi connectivity index (χ0) is 25.5. The number of thiophene rings is 2. The third-order valence-electron chi connectivity index (χ3n) is 6.45. The van der Waals surface area contributed by atoms with Crippen molar-refractivity contribution in [1.82, 2.24) is 14.9 Å². The van der Waals surface area contributed by atoms with Crippen LogP contribution in [0.15, 0.2) is 78.3 Å². The van der Waals surface area contributed by atoms with Gasteiger partial charge in [0, 0.05) is 34.1 Å². The van der Waals surface area contributed by atoms with E-state index in [1.165, 1.54) is 14.6 Å². The molecule has 1 aromatic carbocycles. The van der Waals surface area contributed by atoms with E-state index in [2.05, 4.69) is 64.8 Å². The fraction of sp³-hybridized carbons (Fsp3) is 0.100. The summed E-state index contributed by atoms with van der Waals surface area (Å²) in [5.74, 6) is -0.988. The molecule has 7 heteroatoms. The molecule has 0 amide bonds. The van der Waals surface area contributed by atoms with E-state index in [1.54, 1.807) is 41.0 Å². The highest BCUT2D eigenvalue weighted by Gasteiger charge is 2.20. The second-order valence-corrected chi connectivity index (χ2v) is 11.2. The number of hydrogen-bond acceptors (Lipinski definition) is 6. The molecule has 6 rings (SSSR count). The molecule has 5 aromatic rings. The SMILES string of the molecule is Cc1ccc(-c2cc(-c3ccnc(-c4cc(C(=O)O)cc(C5C=c6ccccc6=CN5C)n4)c3)cs2)s1. The van der Waals surface area contributed by atoms with Crippen LogP contribution in [-0.2, 0) is 0 Å². The molecule has 1 unspecified atom stereocenters. The van der Waals surface area contributed by atoms with E-state index in [1.807, 2.05) is 31.3 Å². The van der Waals surface area contributed by atoms with E-state index in [0.717, 1.165) is 21.6 Å². The fourth-order valence-corrected chi connectivity index (χ4v) is 6.44. The number of aromatic carboxylic acids is 1. The first-order chi connectivity index (χ1) is 17.9. The summed E-state index contributed by atoms with van der Waals surface area (Å²) in [6, 6.07) is 21.7. The lowest BCUT2D eigenvalue weighted by atomic mass is 10.0. The van der Waals surface area contributed by atoms with Gasteiger partial charge in [-0.25, -0.2) is 9.78 Å². The van der Waals surface area contributed by atoms with Crippen molar-refractivity contribution in [1.29, 1.82) is 0 Å². The fourth-order valence-electron chi connectivity index (χ4n) is 4.55. The average molecular weight is 522 g/mol. The second-order valence-electron chi connectivity index (χ2n) is 9.05. The quantitative estimate of drug-likeness (QED) is 0.316. The number of carboxylic acid groups (broad SMARTS) is 1. The van der Waals surface area contributed by atoms with Gasteiger partial charge < -0.3 is 10.0 Å². The van der Waals surface area contributed by atoms with Gasteiger partial charge in [0.2, 0.25) is 0 Å². The van der Waals surface area contributed by atoms with E-state index in [0.29, 0.717) is 17.1 Å². The van der Waals surface area contributed by atoms with Crippen LogP contribution in [0.25, 0.3) is 44.5 Å². The molecule has 1 N–H and O–H groups in total. The predicted molar refractivity (Wildman–Crippen MR) is 151 cm³/mol.